The Balaban J connectivity index is 3.21. The molecular weight excluding hydrogens is 170 g/mol. The van der Waals surface area contributed by atoms with Gasteiger partial charge in [0.15, 0.2) is 6.29 Å². The van der Waals surface area contributed by atoms with Gasteiger partial charge in [-0.25, -0.2) is 0 Å². The maximum Gasteiger partial charge on any atom is 0.151 e. The van der Waals surface area contributed by atoms with Gasteiger partial charge in [0, 0.05) is 22.9 Å². The summed E-state index contributed by atoms with van der Waals surface area (Å²) in [5.41, 5.74) is 1.82. The molecule has 1 rings (SSSR count). The molecule has 0 radical (unpaired) electrons. The van der Waals surface area contributed by atoms with Crippen LogP contribution in [0.4, 0.5) is 0 Å². The fraction of sp³-hybridized carbons (Fsp3) is 0.333. The number of hydrogen-bond acceptors (Lipinski definition) is 3. The largest absolute Gasteiger partial charge is 0.298 e. The van der Waals surface area contributed by atoms with E-state index in [1.165, 1.54) is 0 Å². The van der Waals surface area contributed by atoms with E-state index < -0.39 is 0 Å². The third-order valence-electron chi connectivity index (χ3n) is 1.75. The summed E-state index contributed by atoms with van der Waals surface area (Å²) >= 11 is 1.63. The van der Waals surface area contributed by atoms with Crippen molar-refractivity contribution in [2.24, 2.45) is 0 Å². The Morgan fingerprint density at radius 3 is 2.83 bits per heavy atom. The van der Waals surface area contributed by atoms with Gasteiger partial charge in [0.1, 0.15) is 0 Å². The number of carbonyl (C=O) groups is 1. The minimum absolute atomic E-state index is 0.712. The Morgan fingerprint density at radius 2 is 2.33 bits per heavy atom. The first kappa shape index (κ1) is 9.26. The van der Waals surface area contributed by atoms with E-state index in [4.69, 9.17) is 0 Å². The van der Waals surface area contributed by atoms with Gasteiger partial charge in [-0.15, -0.1) is 11.8 Å². The lowest BCUT2D eigenvalue weighted by atomic mass is 10.1. The molecule has 0 saturated carbocycles. The van der Waals surface area contributed by atoms with Gasteiger partial charge in [-0.05, 0) is 18.2 Å². The Hall–Kier alpha value is -0.830. The maximum absolute atomic E-state index is 10.6. The molecule has 12 heavy (non-hydrogen) atoms. The molecule has 1 heterocycles. The minimum Gasteiger partial charge on any atom is -0.298 e. The van der Waals surface area contributed by atoms with Crippen LogP contribution in [0.25, 0.3) is 0 Å². The predicted molar refractivity (Wildman–Crippen MR) is 50.8 cm³/mol. The van der Waals surface area contributed by atoms with Crippen molar-refractivity contribution in [3.8, 4) is 0 Å². The van der Waals surface area contributed by atoms with Crippen molar-refractivity contribution in [1.82, 2.24) is 4.98 Å². The van der Waals surface area contributed by atoms with E-state index in [0.717, 1.165) is 23.2 Å². The molecular formula is C9H11NOS. The molecule has 0 bridgehead atoms. The number of nitrogens with zero attached hydrogens (tertiary/aromatic N) is 1. The molecule has 64 valence electrons. The predicted octanol–water partition coefficient (Wildman–Crippen LogP) is 2.18. The van der Waals surface area contributed by atoms with Crippen LogP contribution >= 0.6 is 11.8 Å². The molecule has 1 aromatic heterocycles. The second-order valence-corrected chi connectivity index (χ2v) is 3.23. The summed E-state index contributed by atoms with van der Waals surface area (Å²) in [6.07, 6.45) is 7.16. The summed E-state index contributed by atoms with van der Waals surface area (Å²) in [4.78, 5) is 15.7. The molecule has 0 aliphatic carbocycles. The third kappa shape index (κ3) is 1.67. The van der Waals surface area contributed by atoms with Gasteiger partial charge in [-0.1, -0.05) is 6.92 Å². The van der Waals surface area contributed by atoms with Crippen molar-refractivity contribution in [2.45, 2.75) is 18.2 Å². The topological polar surface area (TPSA) is 30.0 Å². The monoisotopic (exact) mass is 181 g/mol. The van der Waals surface area contributed by atoms with Crippen LogP contribution in [0.3, 0.4) is 0 Å². The summed E-state index contributed by atoms with van der Waals surface area (Å²) in [7, 11) is 0. The highest BCUT2D eigenvalue weighted by Crippen LogP contribution is 2.21. The van der Waals surface area contributed by atoms with Gasteiger partial charge < -0.3 is 0 Å². The van der Waals surface area contributed by atoms with Crippen molar-refractivity contribution >= 4 is 18.0 Å². The molecule has 0 N–H and O–H groups in total. The molecule has 3 heteroatoms. The second kappa shape index (κ2) is 4.26. The van der Waals surface area contributed by atoms with Gasteiger partial charge in [0.05, 0.1) is 0 Å². The summed E-state index contributed by atoms with van der Waals surface area (Å²) in [6.45, 7) is 2.04. The molecule has 0 atom stereocenters. The highest BCUT2D eigenvalue weighted by atomic mass is 32.2. The highest BCUT2D eigenvalue weighted by Gasteiger charge is 2.04. The fourth-order valence-electron chi connectivity index (χ4n) is 1.14. The van der Waals surface area contributed by atoms with E-state index in [-0.39, 0.29) is 0 Å². The van der Waals surface area contributed by atoms with Gasteiger partial charge in [0.25, 0.3) is 0 Å². The molecule has 1 aromatic rings. The van der Waals surface area contributed by atoms with Crippen molar-refractivity contribution in [2.75, 3.05) is 6.26 Å². The molecule has 0 amide bonds. The molecule has 0 fully saturated rings. The Kier molecular flexibility index (Phi) is 3.29. The zero-order chi connectivity index (χ0) is 8.97. The highest BCUT2D eigenvalue weighted by molar-refractivity contribution is 7.98. The quantitative estimate of drug-likeness (QED) is 0.529. The first-order valence-electron chi connectivity index (χ1n) is 3.79. The van der Waals surface area contributed by atoms with E-state index in [1.807, 2.05) is 13.2 Å². The molecule has 0 spiro atoms. The van der Waals surface area contributed by atoms with E-state index in [0.29, 0.717) is 5.56 Å². The van der Waals surface area contributed by atoms with Crippen molar-refractivity contribution in [3.05, 3.63) is 23.5 Å². The van der Waals surface area contributed by atoms with E-state index in [9.17, 15) is 4.79 Å². The minimum atomic E-state index is 0.712. The van der Waals surface area contributed by atoms with E-state index >= 15 is 0 Å². The van der Waals surface area contributed by atoms with Crippen LogP contribution in [-0.4, -0.2) is 17.5 Å². The summed E-state index contributed by atoms with van der Waals surface area (Å²) in [6, 6.07) is 0. The normalized spacial score (nSPS) is 9.83. The lowest BCUT2D eigenvalue weighted by Crippen LogP contribution is -1.94. The maximum atomic E-state index is 10.6. The number of aldehydes is 1. The SMILES string of the molecule is CCc1c(C=O)cncc1SC. The van der Waals surface area contributed by atoms with Crippen LogP contribution in [0.15, 0.2) is 17.3 Å². The number of aromatic nitrogens is 1. The molecule has 0 saturated heterocycles. The first-order chi connectivity index (χ1) is 5.83. The molecule has 0 unspecified atom stereocenters. The van der Waals surface area contributed by atoms with Crippen molar-refractivity contribution < 1.29 is 4.79 Å². The average molecular weight is 181 g/mol. The standard InChI is InChI=1S/C9H11NOS/c1-3-8-7(6-11)4-10-5-9(8)12-2/h4-6H,3H2,1-2H3. The number of rotatable bonds is 3. The first-order valence-corrected chi connectivity index (χ1v) is 5.02. The van der Waals surface area contributed by atoms with E-state index in [2.05, 4.69) is 4.98 Å². The van der Waals surface area contributed by atoms with Crippen LogP contribution in [0.1, 0.15) is 22.8 Å². The van der Waals surface area contributed by atoms with E-state index in [1.54, 1.807) is 24.2 Å². The number of carbonyl (C=O) groups excluding carboxylic acids is 1. The third-order valence-corrected chi connectivity index (χ3v) is 2.54. The molecule has 0 aromatic carbocycles. The molecule has 0 aliphatic heterocycles. The van der Waals surface area contributed by atoms with Gasteiger partial charge in [-0.3, -0.25) is 9.78 Å². The summed E-state index contributed by atoms with van der Waals surface area (Å²) in [5, 5.41) is 0. The zero-order valence-corrected chi connectivity index (χ0v) is 8.02. The lowest BCUT2D eigenvalue weighted by molar-refractivity contribution is 0.112. The van der Waals surface area contributed by atoms with Crippen LogP contribution in [0.5, 0.6) is 0 Å². The molecule has 0 aliphatic rings. The average Bonchev–Trinajstić information content (AvgIpc) is 2.16. The van der Waals surface area contributed by atoms with Crippen LogP contribution in [0, 0.1) is 0 Å². The van der Waals surface area contributed by atoms with Crippen molar-refractivity contribution in [1.29, 1.82) is 0 Å². The number of hydrogen-bond donors (Lipinski definition) is 0. The Bertz CT molecular complexity index is 286. The second-order valence-electron chi connectivity index (χ2n) is 2.38. The van der Waals surface area contributed by atoms with Gasteiger partial charge in [0.2, 0.25) is 0 Å². The van der Waals surface area contributed by atoms with Crippen LogP contribution in [-0.2, 0) is 6.42 Å². The summed E-state index contributed by atoms with van der Waals surface area (Å²) < 4.78 is 0. The van der Waals surface area contributed by atoms with Crippen LogP contribution in [0.2, 0.25) is 0 Å². The van der Waals surface area contributed by atoms with Crippen molar-refractivity contribution in [3.63, 3.8) is 0 Å². The fourth-order valence-corrected chi connectivity index (χ4v) is 1.81. The zero-order valence-electron chi connectivity index (χ0n) is 7.20. The van der Waals surface area contributed by atoms with Gasteiger partial charge in [-0.2, -0.15) is 0 Å². The van der Waals surface area contributed by atoms with Crippen LogP contribution < -0.4 is 0 Å². The summed E-state index contributed by atoms with van der Waals surface area (Å²) in [5.74, 6) is 0. The lowest BCUT2D eigenvalue weighted by Gasteiger charge is -2.05. The Labute approximate surface area is 76.4 Å². The van der Waals surface area contributed by atoms with Gasteiger partial charge >= 0.3 is 0 Å². The number of thioether (sulfide) groups is 1. The Morgan fingerprint density at radius 1 is 1.58 bits per heavy atom. The smallest absolute Gasteiger partial charge is 0.151 e. The molecule has 2 nitrogen and oxygen atoms in total. The number of pyridine rings is 1.